The average Bonchev–Trinajstić information content (AvgIpc) is 2.86. The van der Waals surface area contributed by atoms with Crippen molar-refractivity contribution in [1.29, 1.82) is 0 Å². The number of benzene rings is 1. The van der Waals surface area contributed by atoms with E-state index in [4.69, 9.17) is 5.73 Å². The van der Waals surface area contributed by atoms with Gasteiger partial charge in [-0.2, -0.15) is 0 Å². The molecule has 1 fully saturated rings. The van der Waals surface area contributed by atoms with Crippen molar-refractivity contribution in [2.75, 3.05) is 0 Å². The first-order chi connectivity index (χ1) is 17.9. The Morgan fingerprint density at radius 2 is 1.89 bits per heavy atom. The van der Waals surface area contributed by atoms with E-state index >= 15 is 0 Å². The molecule has 9 heteroatoms. The van der Waals surface area contributed by atoms with Gasteiger partial charge >= 0.3 is 0 Å². The molecule has 4 atom stereocenters. The summed E-state index contributed by atoms with van der Waals surface area (Å²) in [5.74, 6) is -7.80. The first-order valence-electron chi connectivity index (χ1n) is 12.7. The molecule has 3 aliphatic rings. The topological polar surface area (TPSA) is 171 Å². The molecule has 1 aromatic heterocycles. The van der Waals surface area contributed by atoms with Crippen LogP contribution >= 0.6 is 0 Å². The third-order valence-corrected chi connectivity index (χ3v) is 8.36. The number of Topliss-reactive ketones (excluding diaryl/α,β-unsaturated/α-hetero) is 2. The highest BCUT2D eigenvalue weighted by Crippen LogP contribution is 2.55. The van der Waals surface area contributed by atoms with Crippen LogP contribution in [0.4, 0.5) is 0 Å². The van der Waals surface area contributed by atoms with Crippen molar-refractivity contribution in [1.82, 2.24) is 4.98 Å². The van der Waals surface area contributed by atoms with Crippen LogP contribution in [0, 0.1) is 23.7 Å². The predicted molar refractivity (Wildman–Crippen MR) is 138 cm³/mol. The quantitative estimate of drug-likeness (QED) is 0.385. The number of amides is 1. The lowest BCUT2D eigenvalue weighted by Gasteiger charge is -2.50. The van der Waals surface area contributed by atoms with Crippen molar-refractivity contribution in [3.8, 4) is 17.0 Å². The van der Waals surface area contributed by atoms with Crippen molar-refractivity contribution in [2.45, 2.75) is 45.6 Å². The molecule has 0 spiro atoms. The number of carbonyl (C=O) groups is 3. The molecule has 3 aliphatic carbocycles. The summed E-state index contributed by atoms with van der Waals surface area (Å²) in [4.78, 5) is 43.7. The van der Waals surface area contributed by atoms with Crippen LogP contribution < -0.4 is 5.73 Å². The number of rotatable bonds is 4. The molecular formula is C29H30N2O7. The SMILES string of the molecule is CCc1ccnc(-c2ccc(O)c3c2C[C@H]2C[C@H]4[C@H](C(C)C)C(=O)C(C(N)=O)=C(O)[C@@]4(O)C(=O)C2=C3O)c1. The van der Waals surface area contributed by atoms with E-state index in [0.29, 0.717) is 16.8 Å². The summed E-state index contributed by atoms with van der Waals surface area (Å²) in [5, 5.41) is 44.8. The number of aromatic hydroxyl groups is 1. The summed E-state index contributed by atoms with van der Waals surface area (Å²) in [5.41, 5.74) is 4.84. The Labute approximate surface area is 219 Å². The van der Waals surface area contributed by atoms with Crippen LogP contribution in [0.1, 0.15) is 43.9 Å². The minimum absolute atomic E-state index is 0.0544. The van der Waals surface area contributed by atoms with Crippen LogP contribution in [0.25, 0.3) is 17.0 Å². The molecule has 0 unspecified atom stereocenters. The lowest BCUT2D eigenvalue weighted by Crippen LogP contribution is -2.62. The fourth-order valence-corrected chi connectivity index (χ4v) is 6.57. The number of aliphatic hydroxyl groups is 3. The third kappa shape index (κ3) is 3.41. The fraction of sp³-hybridized carbons (Fsp3) is 0.379. The van der Waals surface area contributed by atoms with E-state index < -0.39 is 57.9 Å². The molecule has 1 heterocycles. The van der Waals surface area contributed by atoms with Gasteiger partial charge in [0.1, 0.15) is 22.8 Å². The molecule has 9 nitrogen and oxygen atoms in total. The number of aromatic nitrogens is 1. The van der Waals surface area contributed by atoms with Crippen LogP contribution in [-0.2, 0) is 27.2 Å². The number of nitrogens with two attached hydrogens (primary N) is 1. The monoisotopic (exact) mass is 518 g/mol. The normalized spacial score (nSPS) is 26.8. The molecule has 0 aliphatic heterocycles. The largest absolute Gasteiger partial charge is 0.508 e. The summed E-state index contributed by atoms with van der Waals surface area (Å²) in [6.07, 6.45) is 2.77. The molecular weight excluding hydrogens is 488 g/mol. The second kappa shape index (κ2) is 8.80. The van der Waals surface area contributed by atoms with E-state index in [9.17, 15) is 34.8 Å². The van der Waals surface area contributed by atoms with Gasteiger partial charge in [0.15, 0.2) is 11.4 Å². The van der Waals surface area contributed by atoms with Crippen molar-refractivity contribution < 1.29 is 34.8 Å². The Morgan fingerprint density at radius 1 is 1.18 bits per heavy atom. The Bertz CT molecular complexity index is 1470. The number of nitrogens with zero attached hydrogens (tertiary/aromatic N) is 1. The summed E-state index contributed by atoms with van der Waals surface area (Å²) < 4.78 is 0. The van der Waals surface area contributed by atoms with E-state index in [1.54, 1.807) is 26.1 Å². The van der Waals surface area contributed by atoms with Gasteiger partial charge in [-0.05, 0) is 66.5 Å². The second-order valence-corrected chi connectivity index (χ2v) is 10.7. The molecule has 198 valence electrons. The number of aryl methyl sites for hydroxylation is 1. The number of phenols is 1. The van der Waals surface area contributed by atoms with Crippen molar-refractivity contribution in [3.63, 3.8) is 0 Å². The van der Waals surface area contributed by atoms with Crippen molar-refractivity contribution >= 4 is 23.2 Å². The van der Waals surface area contributed by atoms with Gasteiger partial charge in [-0.1, -0.05) is 20.8 Å². The van der Waals surface area contributed by atoms with Crippen LogP contribution in [0.5, 0.6) is 5.75 Å². The highest BCUT2D eigenvalue weighted by atomic mass is 16.3. The molecule has 1 saturated carbocycles. The van der Waals surface area contributed by atoms with Crippen LogP contribution in [-0.4, -0.2) is 48.5 Å². The second-order valence-electron chi connectivity index (χ2n) is 10.7. The van der Waals surface area contributed by atoms with Gasteiger partial charge in [-0.3, -0.25) is 19.4 Å². The van der Waals surface area contributed by atoms with E-state index in [1.807, 2.05) is 19.1 Å². The zero-order valence-corrected chi connectivity index (χ0v) is 21.4. The number of aliphatic hydroxyl groups excluding tert-OH is 2. The molecule has 0 radical (unpaired) electrons. The van der Waals surface area contributed by atoms with Gasteiger partial charge in [-0.25, -0.2) is 0 Å². The molecule has 1 amide bonds. The average molecular weight is 519 g/mol. The zero-order valence-electron chi connectivity index (χ0n) is 21.4. The predicted octanol–water partition coefficient (Wildman–Crippen LogP) is 2.93. The molecule has 0 bridgehead atoms. The summed E-state index contributed by atoms with van der Waals surface area (Å²) >= 11 is 0. The molecule has 5 rings (SSSR count). The first kappa shape index (κ1) is 25.7. The number of phenolic OH excluding ortho intramolecular Hbond substituents is 1. The standard InChI is InChI=1S/C29H30N2O7/c1-4-13-7-8-31-18(9-13)15-5-6-19(32)22-16(15)10-14-11-17-20(12(2)3)24(33)23(28(30)37)27(36)29(17,38)26(35)21(14)25(22)34/h5-9,12,14,17,20,32,34,36,38H,4,10-11H2,1-3H3,(H2,30,37)/t14-,17-,20-,29-/m0/s1. The maximum atomic E-state index is 13.9. The van der Waals surface area contributed by atoms with Gasteiger partial charge in [0.2, 0.25) is 5.78 Å². The van der Waals surface area contributed by atoms with Gasteiger partial charge in [0, 0.05) is 29.2 Å². The minimum Gasteiger partial charge on any atom is -0.508 e. The molecule has 2 aromatic rings. The molecule has 6 N–H and O–H groups in total. The minimum atomic E-state index is -2.62. The van der Waals surface area contributed by atoms with Gasteiger partial charge in [0.25, 0.3) is 5.91 Å². The highest BCUT2D eigenvalue weighted by Gasteiger charge is 2.64. The molecule has 38 heavy (non-hydrogen) atoms. The number of fused-ring (bicyclic) bond motifs is 3. The maximum Gasteiger partial charge on any atom is 0.255 e. The Kier molecular flexibility index (Phi) is 5.94. The van der Waals surface area contributed by atoms with E-state index in [0.717, 1.165) is 12.0 Å². The van der Waals surface area contributed by atoms with E-state index in [1.165, 1.54) is 6.07 Å². The number of ketones is 2. The Morgan fingerprint density at radius 3 is 2.53 bits per heavy atom. The van der Waals surface area contributed by atoms with Crippen molar-refractivity contribution in [3.05, 3.63) is 64.1 Å². The number of carbonyl (C=O) groups excluding carboxylic acids is 3. The number of primary amides is 1. The van der Waals surface area contributed by atoms with Gasteiger partial charge in [0.05, 0.1) is 11.3 Å². The smallest absolute Gasteiger partial charge is 0.255 e. The molecule has 0 saturated heterocycles. The Hall–Kier alpha value is -3.98. The van der Waals surface area contributed by atoms with Crippen LogP contribution in [0.2, 0.25) is 0 Å². The fourth-order valence-electron chi connectivity index (χ4n) is 6.57. The Balaban J connectivity index is 1.73. The third-order valence-electron chi connectivity index (χ3n) is 8.36. The van der Waals surface area contributed by atoms with Gasteiger partial charge < -0.3 is 26.2 Å². The van der Waals surface area contributed by atoms with E-state index in [2.05, 4.69) is 4.98 Å². The lowest BCUT2D eigenvalue weighted by molar-refractivity contribution is -0.155. The number of hydrogen-bond donors (Lipinski definition) is 5. The maximum absolute atomic E-state index is 13.9. The molecule has 1 aromatic carbocycles. The summed E-state index contributed by atoms with van der Waals surface area (Å²) in [6, 6.07) is 6.95. The summed E-state index contributed by atoms with van der Waals surface area (Å²) in [7, 11) is 0. The van der Waals surface area contributed by atoms with Crippen LogP contribution in [0.15, 0.2) is 47.4 Å². The van der Waals surface area contributed by atoms with Crippen LogP contribution in [0.3, 0.4) is 0 Å². The van der Waals surface area contributed by atoms with Gasteiger partial charge in [-0.15, -0.1) is 0 Å². The number of hydrogen-bond acceptors (Lipinski definition) is 8. The van der Waals surface area contributed by atoms with E-state index in [-0.39, 0.29) is 35.6 Å². The van der Waals surface area contributed by atoms with Crippen molar-refractivity contribution in [2.24, 2.45) is 29.4 Å². The summed E-state index contributed by atoms with van der Waals surface area (Å²) in [6.45, 7) is 5.48. The first-order valence-corrected chi connectivity index (χ1v) is 12.7. The number of pyridine rings is 1. The highest BCUT2D eigenvalue weighted by molar-refractivity contribution is 6.23. The lowest BCUT2D eigenvalue weighted by atomic mass is 9.54. The zero-order chi connectivity index (χ0) is 27.7.